The number of carbonyl (C=O) groups excluding carboxylic acids is 1. The van der Waals surface area contributed by atoms with Gasteiger partial charge in [0.15, 0.2) is 17.3 Å². The molecule has 3 rings (SSSR count). The van der Waals surface area contributed by atoms with Crippen LogP contribution in [0.25, 0.3) is 11.0 Å². The fraction of sp³-hybridized carbons (Fsp3) is 0.286. The van der Waals surface area contributed by atoms with Gasteiger partial charge in [0.1, 0.15) is 5.58 Å². The van der Waals surface area contributed by atoms with Gasteiger partial charge in [-0.25, -0.2) is 0 Å². The molecule has 3 aromatic rings. The predicted molar refractivity (Wildman–Crippen MR) is 106 cm³/mol. The number of hydrogen-bond donors (Lipinski definition) is 0. The van der Waals surface area contributed by atoms with Gasteiger partial charge in [0.05, 0.1) is 14.2 Å². The van der Waals surface area contributed by atoms with E-state index in [1.54, 1.807) is 31.3 Å². The average molecular weight is 388 g/mol. The minimum absolute atomic E-state index is 0.155. The van der Waals surface area contributed by atoms with Crippen molar-refractivity contribution in [2.24, 2.45) is 0 Å². The van der Waals surface area contributed by atoms with Gasteiger partial charge in [-0.15, -0.1) is 0 Å². The van der Waals surface area contributed by atoms with Crippen LogP contribution in [0.15, 0.2) is 40.8 Å². The zero-order valence-corrected chi connectivity index (χ0v) is 16.6. The van der Waals surface area contributed by atoms with Gasteiger partial charge in [0.25, 0.3) is 5.91 Å². The molecule has 6 heteroatoms. The van der Waals surface area contributed by atoms with E-state index in [0.29, 0.717) is 41.0 Å². The summed E-state index contributed by atoms with van der Waals surface area (Å²) in [4.78, 5) is 14.8. The van der Waals surface area contributed by atoms with Crippen LogP contribution in [0.2, 0.25) is 5.02 Å². The van der Waals surface area contributed by atoms with Gasteiger partial charge in [-0.05, 0) is 49.7 Å². The summed E-state index contributed by atoms with van der Waals surface area (Å²) in [6.45, 7) is 4.80. The summed E-state index contributed by atoms with van der Waals surface area (Å²) in [7, 11) is 3.18. The number of benzene rings is 2. The Morgan fingerprint density at radius 3 is 2.52 bits per heavy atom. The van der Waals surface area contributed by atoms with E-state index in [4.69, 9.17) is 25.5 Å². The fourth-order valence-electron chi connectivity index (χ4n) is 3.07. The molecule has 0 aliphatic carbocycles. The standard InChI is InChI=1S/C21H22ClNO4/c1-5-23(12-14-6-8-18(25-3)19(10-14)26-4)21(24)20-13(2)16-11-15(22)7-9-17(16)27-20/h6-11H,5,12H2,1-4H3. The molecule has 0 spiro atoms. The Morgan fingerprint density at radius 1 is 1.11 bits per heavy atom. The Labute approximate surface area is 163 Å². The third-order valence-corrected chi connectivity index (χ3v) is 4.82. The van der Waals surface area contributed by atoms with Crippen molar-refractivity contribution >= 4 is 28.5 Å². The van der Waals surface area contributed by atoms with Crippen molar-refractivity contribution in [1.82, 2.24) is 4.90 Å². The molecule has 1 heterocycles. The number of halogens is 1. The molecule has 2 aromatic carbocycles. The van der Waals surface area contributed by atoms with Gasteiger partial charge in [0, 0.05) is 29.1 Å². The van der Waals surface area contributed by atoms with Crippen molar-refractivity contribution in [3.63, 3.8) is 0 Å². The molecule has 1 amide bonds. The van der Waals surface area contributed by atoms with E-state index < -0.39 is 0 Å². The molecule has 0 atom stereocenters. The van der Waals surface area contributed by atoms with Crippen LogP contribution in [0.5, 0.6) is 11.5 Å². The molecule has 5 nitrogen and oxygen atoms in total. The molecule has 0 radical (unpaired) electrons. The number of hydrogen-bond acceptors (Lipinski definition) is 4. The molecule has 0 aliphatic rings. The van der Waals surface area contributed by atoms with E-state index in [9.17, 15) is 4.79 Å². The topological polar surface area (TPSA) is 51.9 Å². The smallest absolute Gasteiger partial charge is 0.290 e. The van der Waals surface area contributed by atoms with Gasteiger partial charge in [-0.1, -0.05) is 17.7 Å². The first-order valence-corrected chi connectivity index (χ1v) is 9.05. The number of carbonyl (C=O) groups is 1. The summed E-state index contributed by atoms with van der Waals surface area (Å²) < 4.78 is 16.4. The highest BCUT2D eigenvalue weighted by Crippen LogP contribution is 2.30. The number of rotatable bonds is 6. The average Bonchev–Trinajstić information content (AvgIpc) is 3.01. The van der Waals surface area contributed by atoms with Gasteiger partial charge in [-0.2, -0.15) is 0 Å². The third kappa shape index (κ3) is 3.74. The van der Waals surface area contributed by atoms with Crippen molar-refractivity contribution in [3.8, 4) is 11.5 Å². The number of methoxy groups -OCH3 is 2. The molecule has 0 bridgehead atoms. The molecule has 142 valence electrons. The Kier molecular flexibility index (Phi) is 5.61. The molecule has 0 N–H and O–H groups in total. The lowest BCUT2D eigenvalue weighted by Crippen LogP contribution is -2.30. The van der Waals surface area contributed by atoms with Crippen molar-refractivity contribution in [1.29, 1.82) is 0 Å². The van der Waals surface area contributed by atoms with Crippen LogP contribution in [0.1, 0.15) is 28.6 Å². The third-order valence-electron chi connectivity index (χ3n) is 4.58. The Hall–Kier alpha value is -2.66. The highest BCUT2D eigenvalue weighted by atomic mass is 35.5. The maximum Gasteiger partial charge on any atom is 0.290 e. The van der Waals surface area contributed by atoms with Crippen LogP contribution in [-0.4, -0.2) is 31.6 Å². The van der Waals surface area contributed by atoms with E-state index in [-0.39, 0.29) is 5.91 Å². The van der Waals surface area contributed by atoms with E-state index in [2.05, 4.69) is 0 Å². The monoisotopic (exact) mass is 387 g/mol. The van der Waals surface area contributed by atoms with Gasteiger partial charge >= 0.3 is 0 Å². The minimum atomic E-state index is -0.155. The van der Waals surface area contributed by atoms with Crippen molar-refractivity contribution in [2.75, 3.05) is 20.8 Å². The Bertz CT molecular complexity index is 980. The quantitative estimate of drug-likeness (QED) is 0.592. The maximum atomic E-state index is 13.1. The van der Waals surface area contributed by atoms with Crippen molar-refractivity contribution in [3.05, 3.63) is 58.3 Å². The number of furan rings is 1. The number of aryl methyl sites for hydroxylation is 1. The van der Waals surface area contributed by atoms with Crippen LogP contribution in [-0.2, 0) is 6.54 Å². The molecule has 27 heavy (non-hydrogen) atoms. The molecular weight excluding hydrogens is 366 g/mol. The minimum Gasteiger partial charge on any atom is -0.493 e. The van der Waals surface area contributed by atoms with E-state index in [1.165, 1.54) is 0 Å². The first-order chi connectivity index (χ1) is 13.0. The lowest BCUT2D eigenvalue weighted by atomic mass is 10.1. The molecule has 0 unspecified atom stereocenters. The van der Waals surface area contributed by atoms with Gasteiger partial charge in [0.2, 0.25) is 0 Å². The molecule has 0 aliphatic heterocycles. The molecule has 0 saturated carbocycles. The molecule has 0 saturated heterocycles. The predicted octanol–water partition coefficient (Wildman–Crippen LogP) is 5.07. The SMILES string of the molecule is CCN(Cc1ccc(OC)c(OC)c1)C(=O)c1oc2ccc(Cl)cc2c1C. The van der Waals surface area contributed by atoms with E-state index >= 15 is 0 Å². The number of nitrogens with zero attached hydrogens (tertiary/aromatic N) is 1. The van der Waals surface area contributed by atoms with Gasteiger partial charge in [-0.3, -0.25) is 4.79 Å². The number of fused-ring (bicyclic) bond motifs is 1. The summed E-state index contributed by atoms with van der Waals surface area (Å²) in [5.74, 6) is 1.47. The summed E-state index contributed by atoms with van der Waals surface area (Å²) in [6, 6.07) is 11.0. The van der Waals surface area contributed by atoms with Crippen LogP contribution in [0.3, 0.4) is 0 Å². The second-order valence-corrected chi connectivity index (χ2v) is 6.64. The summed E-state index contributed by atoms with van der Waals surface area (Å²) >= 11 is 6.07. The zero-order chi connectivity index (χ0) is 19.6. The lowest BCUT2D eigenvalue weighted by molar-refractivity contribution is 0.0721. The van der Waals surface area contributed by atoms with Gasteiger partial charge < -0.3 is 18.8 Å². The second kappa shape index (κ2) is 7.92. The Balaban J connectivity index is 1.90. The summed E-state index contributed by atoms with van der Waals surface area (Å²) in [6.07, 6.45) is 0. The molecule has 1 aromatic heterocycles. The van der Waals surface area contributed by atoms with Crippen molar-refractivity contribution in [2.45, 2.75) is 20.4 Å². The van der Waals surface area contributed by atoms with E-state index in [0.717, 1.165) is 16.5 Å². The lowest BCUT2D eigenvalue weighted by Gasteiger charge is -2.21. The van der Waals surface area contributed by atoms with E-state index in [1.807, 2.05) is 38.1 Å². The second-order valence-electron chi connectivity index (χ2n) is 6.21. The first kappa shape index (κ1) is 19.1. The number of amides is 1. The van der Waals surface area contributed by atoms with Crippen LogP contribution < -0.4 is 9.47 Å². The summed E-state index contributed by atoms with van der Waals surface area (Å²) in [5.41, 5.74) is 2.39. The van der Waals surface area contributed by atoms with Crippen molar-refractivity contribution < 1.29 is 18.7 Å². The Morgan fingerprint density at radius 2 is 1.85 bits per heavy atom. The van der Waals surface area contributed by atoms with Crippen LogP contribution in [0.4, 0.5) is 0 Å². The van der Waals surface area contributed by atoms with Crippen LogP contribution in [0, 0.1) is 6.92 Å². The summed E-state index contributed by atoms with van der Waals surface area (Å²) in [5, 5.41) is 1.47. The fourth-order valence-corrected chi connectivity index (χ4v) is 3.24. The highest BCUT2D eigenvalue weighted by molar-refractivity contribution is 6.31. The highest BCUT2D eigenvalue weighted by Gasteiger charge is 2.23. The maximum absolute atomic E-state index is 13.1. The van der Waals surface area contributed by atoms with Crippen LogP contribution >= 0.6 is 11.6 Å². The molecule has 0 fully saturated rings. The normalized spacial score (nSPS) is 10.9. The largest absolute Gasteiger partial charge is 0.493 e. The molecular formula is C21H22ClNO4. The number of ether oxygens (including phenoxy) is 2. The zero-order valence-electron chi connectivity index (χ0n) is 15.8. The first-order valence-electron chi connectivity index (χ1n) is 8.67.